The van der Waals surface area contributed by atoms with Crippen molar-refractivity contribution in [3.05, 3.63) is 29.3 Å². The van der Waals surface area contributed by atoms with Crippen LogP contribution in [0, 0.1) is 0 Å². The molecule has 126 valence electrons. The average Bonchev–Trinajstić information content (AvgIpc) is 2.54. The molecule has 4 heteroatoms. The molecule has 0 fully saturated rings. The third-order valence-electron chi connectivity index (χ3n) is 4.33. The number of rotatable bonds is 11. The lowest BCUT2D eigenvalue weighted by Gasteiger charge is -2.30. The summed E-state index contributed by atoms with van der Waals surface area (Å²) in [6.07, 6.45) is 0. The second-order valence-corrected chi connectivity index (χ2v) is 5.96. The molecule has 0 saturated heterocycles. The predicted octanol–water partition coefficient (Wildman–Crippen LogP) is 3.83. The molecule has 0 aliphatic heterocycles. The fraction of sp³-hybridized carbons (Fsp3) is 0.667. The Morgan fingerprint density at radius 3 is 1.68 bits per heavy atom. The number of halogens is 1. The second kappa shape index (κ2) is 10.9. The third-order valence-corrected chi connectivity index (χ3v) is 4.57. The van der Waals surface area contributed by atoms with Gasteiger partial charge in [0.2, 0.25) is 0 Å². The van der Waals surface area contributed by atoms with Gasteiger partial charge in [-0.15, -0.1) is 0 Å². The number of benzene rings is 1. The van der Waals surface area contributed by atoms with Crippen LogP contribution in [-0.2, 0) is 0 Å². The van der Waals surface area contributed by atoms with Crippen LogP contribution in [0.5, 0.6) is 0 Å². The van der Waals surface area contributed by atoms with Gasteiger partial charge in [-0.2, -0.15) is 0 Å². The van der Waals surface area contributed by atoms with Gasteiger partial charge in [0.05, 0.1) is 0 Å². The van der Waals surface area contributed by atoms with Gasteiger partial charge in [0.25, 0.3) is 0 Å². The molecule has 0 aromatic heterocycles. The van der Waals surface area contributed by atoms with Crippen LogP contribution in [-0.4, -0.2) is 62.2 Å². The molecule has 0 saturated carbocycles. The highest BCUT2D eigenvalue weighted by Gasteiger charge is 2.10. The highest BCUT2D eigenvalue weighted by atomic mass is 35.5. The summed E-state index contributed by atoms with van der Waals surface area (Å²) in [5, 5.41) is 0.813. The van der Waals surface area contributed by atoms with Gasteiger partial charge < -0.3 is 14.7 Å². The standard InChI is InChI=1S/C18H32ClN3/c1-5-20(6-2)12-14-22(15-13-21(7-3)8-4)18-11-9-10-17(19)16-18/h9-11,16H,5-8,12-15H2,1-4H3. The van der Waals surface area contributed by atoms with Gasteiger partial charge in [-0.3, -0.25) is 0 Å². The van der Waals surface area contributed by atoms with E-state index >= 15 is 0 Å². The lowest BCUT2D eigenvalue weighted by atomic mass is 10.2. The summed E-state index contributed by atoms with van der Waals surface area (Å²) in [5.74, 6) is 0. The zero-order valence-electron chi connectivity index (χ0n) is 14.7. The predicted molar refractivity (Wildman–Crippen MR) is 99.2 cm³/mol. The molecule has 0 aliphatic rings. The molecular weight excluding hydrogens is 294 g/mol. The van der Waals surface area contributed by atoms with E-state index in [1.165, 1.54) is 5.69 Å². The largest absolute Gasteiger partial charge is 0.369 e. The summed E-state index contributed by atoms with van der Waals surface area (Å²) in [7, 11) is 0. The van der Waals surface area contributed by atoms with E-state index in [0.717, 1.165) is 57.4 Å². The van der Waals surface area contributed by atoms with Crippen LogP contribution in [0.2, 0.25) is 5.02 Å². The van der Waals surface area contributed by atoms with Crippen LogP contribution in [0.15, 0.2) is 24.3 Å². The Labute approximate surface area is 141 Å². The van der Waals surface area contributed by atoms with Gasteiger partial charge in [0, 0.05) is 36.9 Å². The van der Waals surface area contributed by atoms with Crippen LogP contribution >= 0.6 is 11.6 Å². The van der Waals surface area contributed by atoms with Crippen molar-refractivity contribution < 1.29 is 0 Å². The fourth-order valence-electron chi connectivity index (χ4n) is 2.65. The van der Waals surface area contributed by atoms with E-state index in [1.807, 2.05) is 12.1 Å². The number of likely N-dealkylation sites (N-methyl/N-ethyl adjacent to an activating group) is 2. The van der Waals surface area contributed by atoms with Gasteiger partial charge in [-0.1, -0.05) is 45.4 Å². The van der Waals surface area contributed by atoms with Gasteiger partial charge >= 0.3 is 0 Å². The Morgan fingerprint density at radius 2 is 1.27 bits per heavy atom. The SMILES string of the molecule is CCN(CC)CCN(CCN(CC)CC)c1cccc(Cl)c1. The Kier molecular flexibility index (Phi) is 9.53. The van der Waals surface area contributed by atoms with Crippen LogP contribution in [0.1, 0.15) is 27.7 Å². The van der Waals surface area contributed by atoms with Gasteiger partial charge in [-0.25, -0.2) is 0 Å². The van der Waals surface area contributed by atoms with Gasteiger partial charge in [0.1, 0.15) is 0 Å². The number of hydrogen-bond donors (Lipinski definition) is 0. The third kappa shape index (κ3) is 6.55. The first-order chi connectivity index (χ1) is 10.6. The van der Waals surface area contributed by atoms with Crippen molar-refractivity contribution in [1.29, 1.82) is 0 Å². The minimum Gasteiger partial charge on any atom is -0.369 e. The average molecular weight is 326 g/mol. The second-order valence-electron chi connectivity index (χ2n) is 5.52. The minimum absolute atomic E-state index is 0.813. The molecule has 0 heterocycles. The van der Waals surface area contributed by atoms with Crippen LogP contribution < -0.4 is 4.90 Å². The van der Waals surface area contributed by atoms with E-state index in [9.17, 15) is 0 Å². The first-order valence-corrected chi connectivity index (χ1v) is 8.97. The van der Waals surface area contributed by atoms with Crippen molar-refractivity contribution in [2.24, 2.45) is 0 Å². The highest BCUT2D eigenvalue weighted by Crippen LogP contribution is 2.19. The zero-order chi connectivity index (χ0) is 16.4. The maximum Gasteiger partial charge on any atom is 0.0426 e. The molecule has 1 aromatic carbocycles. The van der Waals surface area contributed by atoms with E-state index in [4.69, 9.17) is 11.6 Å². The summed E-state index contributed by atoms with van der Waals surface area (Å²) >= 11 is 6.18. The molecule has 0 N–H and O–H groups in total. The molecule has 0 atom stereocenters. The monoisotopic (exact) mass is 325 g/mol. The minimum atomic E-state index is 0.813. The van der Waals surface area contributed by atoms with E-state index in [2.05, 4.69) is 54.5 Å². The maximum absolute atomic E-state index is 6.18. The summed E-state index contributed by atoms with van der Waals surface area (Å²) in [6, 6.07) is 8.22. The highest BCUT2D eigenvalue weighted by molar-refractivity contribution is 6.30. The molecule has 0 bridgehead atoms. The van der Waals surface area contributed by atoms with E-state index in [-0.39, 0.29) is 0 Å². The van der Waals surface area contributed by atoms with Crippen molar-refractivity contribution in [2.45, 2.75) is 27.7 Å². The van der Waals surface area contributed by atoms with E-state index in [1.54, 1.807) is 0 Å². The van der Waals surface area contributed by atoms with Crippen molar-refractivity contribution in [2.75, 3.05) is 57.3 Å². The molecule has 3 nitrogen and oxygen atoms in total. The van der Waals surface area contributed by atoms with Crippen molar-refractivity contribution in [3.63, 3.8) is 0 Å². The Morgan fingerprint density at radius 1 is 0.773 bits per heavy atom. The van der Waals surface area contributed by atoms with Crippen molar-refractivity contribution in [3.8, 4) is 0 Å². The van der Waals surface area contributed by atoms with E-state index in [0.29, 0.717) is 0 Å². The lowest BCUT2D eigenvalue weighted by molar-refractivity contribution is 0.294. The molecular formula is C18H32ClN3. The molecule has 0 aliphatic carbocycles. The van der Waals surface area contributed by atoms with Crippen LogP contribution in [0.4, 0.5) is 5.69 Å². The molecule has 1 aromatic rings. The summed E-state index contributed by atoms with van der Waals surface area (Å²) in [5.41, 5.74) is 1.23. The Bertz CT molecular complexity index is 387. The first kappa shape index (κ1) is 19.3. The molecule has 0 radical (unpaired) electrons. The molecule has 0 amide bonds. The molecule has 0 spiro atoms. The van der Waals surface area contributed by atoms with Crippen LogP contribution in [0.3, 0.4) is 0 Å². The van der Waals surface area contributed by atoms with Crippen molar-refractivity contribution in [1.82, 2.24) is 9.80 Å². The Hall–Kier alpha value is -0.770. The number of anilines is 1. The Balaban J connectivity index is 2.71. The molecule has 0 unspecified atom stereocenters. The normalized spacial score (nSPS) is 11.4. The molecule has 1 rings (SSSR count). The quantitative estimate of drug-likeness (QED) is 0.612. The zero-order valence-corrected chi connectivity index (χ0v) is 15.4. The van der Waals surface area contributed by atoms with Gasteiger partial charge in [0.15, 0.2) is 0 Å². The van der Waals surface area contributed by atoms with E-state index < -0.39 is 0 Å². The smallest absolute Gasteiger partial charge is 0.0426 e. The summed E-state index contributed by atoms with van der Waals surface area (Å²) in [4.78, 5) is 7.40. The maximum atomic E-state index is 6.18. The summed E-state index contributed by atoms with van der Waals surface area (Å²) < 4.78 is 0. The lowest BCUT2D eigenvalue weighted by Crippen LogP contribution is -2.39. The van der Waals surface area contributed by atoms with Crippen LogP contribution in [0.25, 0.3) is 0 Å². The number of hydrogen-bond acceptors (Lipinski definition) is 3. The van der Waals surface area contributed by atoms with Gasteiger partial charge in [-0.05, 0) is 44.4 Å². The fourth-order valence-corrected chi connectivity index (χ4v) is 2.83. The first-order valence-electron chi connectivity index (χ1n) is 8.59. The topological polar surface area (TPSA) is 9.72 Å². The van der Waals surface area contributed by atoms with Crippen molar-refractivity contribution >= 4 is 17.3 Å². The summed E-state index contributed by atoms with van der Waals surface area (Å²) in [6.45, 7) is 17.6. The number of nitrogens with zero attached hydrogens (tertiary/aromatic N) is 3. The molecule has 22 heavy (non-hydrogen) atoms.